The van der Waals surface area contributed by atoms with Gasteiger partial charge in [0.05, 0.1) is 19.3 Å². The Morgan fingerprint density at radius 3 is 2.34 bits per heavy atom. The Hall–Kier alpha value is -3.02. The summed E-state index contributed by atoms with van der Waals surface area (Å²) in [6.07, 6.45) is -0.953. The summed E-state index contributed by atoms with van der Waals surface area (Å²) >= 11 is 0. The van der Waals surface area contributed by atoms with E-state index in [1.807, 2.05) is 45.9 Å². The van der Waals surface area contributed by atoms with Crippen molar-refractivity contribution in [3.63, 3.8) is 0 Å². The summed E-state index contributed by atoms with van der Waals surface area (Å²) in [5.41, 5.74) is 3.02. The maximum absolute atomic E-state index is 12.5. The van der Waals surface area contributed by atoms with Crippen molar-refractivity contribution in [2.75, 3.05) is 19.0 Å². The number of hydrogen-bond donors (Lipinski definition) is 1. The van der Waals surface area contributed by atoms with Gasteiger partial charge in [-0.1, -0.05) is 31.5 Å². The number of carbonyl (C=O) groups is 2. The number of methoxy groups -OCH3 is 1. The van der Waals surface area contributed by atoms with Gasteiger partial charge in [0.2, 0.25) is 0 Å². The topological polar surface area (TPSA) is 73.9 Å². The van der Waals surface area contributed by atoms with Gasteiger partial charge >= 0.3 is 5.97 Å². The molecular formula is C23H29NO5. The van der Waals surface area contributed by atoms with Gasteiger partial charge in [0.25, 0.3) is 5.91 Å². The Morgan fingerprint density at radius 1 is 1.00 bits per heavy atom. The third-order valence-electron chi connectivity index (χ3n) is 4.26. The van der Waals surface area contributed by atoms with Crippen LogP contribution in [0.25, 0.3) is 0 Å². The van der Waals surface area contributed by atoms with E-state index in [2.05, 4.69) is 5.32 Å². The predicted molar refractivity (Wildman–Crippen MR) is 113 cm³/mol. The molecule has 0 unspecified atom stereocenters. The van der Waals surface area contributed by atoms with Crippen LogP contribution in [0.2, 0.25) is 0 Å². The van der Waals surface area contributed by atoms with E-state index in [0.717, 1.165) is 11.1 Å². The van der Waals surface area contributed by atoms with E-state index >= 15 is 0 Å². The van der Waals surface area contributed by atoms with E-state index in [-0.39, 0.29) is 5.56 Å². The molecule has 0 saturated carbocycles. The van der Waals surface area contributed by atoms with Gasteiger partial charge in [-0.2, -0.15) is 0 Å². The van der Waals surface area contributed by atoms with Crippen LogP contribution in [0.3, 0.4) is 0 Å². The van der Waals surface area contributed by atoms with E-state index in [9.17, 15) is 9.59 Å². The van der Waals surface area contributed by atoms with Crippen LogP contribution in [0.4, 0.5) is 5.69 Å². The maximum Gasteiger partial charge on any atom is 0.339 e. The van der Waals surface area contributed by atoms with Crippen molar-refractivity contribution in [2.45, 2.75) is 40.7 Å². The first-order valence-electron chi connectivity index (χ1n) is 9.61. The van der Waals surface area contributed by atoms with Gasteiger partial charge in [-0.15, -0.1) is 0 Å². The molecule has 1 amide bonds. The van der Waals surface area contributed by atoms with Gasteiger partial charge in [0, 0.05) is 5.69 Å². The number of amides is 1. The molecule has 0 aliphatic heterocycles. The average molecular weight is 399 g/mol. The van der Waals surface area contributed by atoms with Crippen LogP contribution in [0.5, 0.6) is 11.5 Å². The van der Waals surface area contributed by atoms with Crippen molar-refractivity contribution in [1.82, 2.24) is 0 Å². The molecular weight excluding hydrogens is 370 g/mol. The zero-order chi connectivity index (χ0) is 21.6. The molecule has 0 aromatic heterocycles. The predicted octanol–water partition coefficient (Wildman–Crippen LogP) is 4.53. The minimum Gasteiger partial charge on any atom is -0.493 e. The highest BCUT2D eigenvalue weighted by molar-refractivity contribution is 5.98. The van der Waals surface area contributed by atoms with Crippen LogP contribution in [0.15, 0.2) is 36.4 Å². The fraction of sp³-hybridized carbons (Fsp3) is 0.391. The minimum atomic E-state index is -0.953. The Morgan fingerprint density at radius 2 is 1.72 bits per heavy atom. The summed E-state index contributed by atoms with van der Waals surface area (Å²) < 4.78 is 16.3. The molecule has 2 aromatic carbocycles. The molecule has 0 spiro atoms. The molecule has 1 N–H and O–H groups in total. The maximum atomic E-state index is 12.5. The second kappa shape index (κ2) is 9.96. The zero-order valence-electron chi connectivity index (χ0n) is 17.9. The van der Waals surface area contributed by atoms with Crippen molar-refractivity contribution in [2.24, 2.45) is 5.92 Å². The molecule has 6 heteroatoms. The molecule has 0 aliphatic rings. The smallest absolute Gasteiger partial charge is 0.339 e. The molecule has 2 aromatic rings. The quantitative estimate of drug-likeness (QED) is 0.660. The summed E-state index contributed by atoms with van der Waals surface area (Å²) in [6.45, 7) is 10.1. The average Bonchev–Trinajstić information content (AvgIpc) is 2.68. The van der Waals surface area contributed by atoms with Crippen molar-refractivity contribution < 1.29 is 23.8 Å². The number of hydrogen-bond acceptors (Lipinski definition) is 5. The third-order valence-corrected chi connectivity index (χ3v) is 4.26. The zero-order valence-corrected chi connectivity index (χ0v) is 17.9. The molecule has 0 radical (unpaired) electrons. The van der Waals surface area contributed by atoms with E-state index in [0.29, 0.717) is 29.7 Å². The molecule has 1 atom stereocenters. The number of benzene rings is 2. The van der Waals surface area contributed by atoms with E-state index in [1.54, 1.807) is 18.2 Å². The Kier molecular flexibility index (Phi) is 7.65. The Balaban J connectivity index is 2.03. The number of anilines is 1. The Labute approximate surface area is 172 Å². The van der Waals surface area contributed by atoms with E-state index < -0.39 is 18.0 Å². The first-order chi connectivity index (χ1) is 13.7. The standard InChI is InChI=1S/C23H29NO5/c1-14(2)13-28-20-10-8-18(12-21(20)27-6)23(26)29-17(5)22(25)24-19-9-7-15(3)11-16(19)4/h7-12,14,17H,13H2,1-6H3,(H,24,25)/t17-/m0/s1. The van der Waals surface area contributed by atoms with Crippen molar-refractivity contribution in [3.05, 3.63) is 53.1 Å². The first kappa shape index (κ1) is 22.3. The summed E-state index contributed by atoms with van der Waals surface area (Å²) in [5.74, 6) is 0.350. The second-order valence-corrected chi connectivity index (χ2v) is 7.43. The van der Waals surface area contributed by atoms with Crippen LogP contribution in [0.1, 0.15) is 42.3 Å². The number of nitrogens with one attached hydrogen (secondary N) is 1. The first-order valence-corrected chi connectivity index (χ1v) is 9.61. The van der Waals surface area contributed by atoms with Gasteiger partial charge in [0.1, 0.15) is 0 Å². The molecule has 0 fully saturated rings. The summed E-state index contributed by atoms with van der Waals surface area (Å²) in [4.78, 5) is 24.9. The third kappa shape index (κ3) is 6.24. The lowest BCUT2D eigenvalue weighted by Crippen LogP contribution is -2.30. The van der Waals surface area contributed by atoms with Crippen LogP contribution >= 0.6 is 0 Å². The van der Waals surface area contributed by atoms with Crippen LogP contribution in [0, 0.1) is 19.8 Å². The SMILES string of the molecule is COc1cc(C(=O)O[C@@H](C)C(=O)Nc2ccc(C)cc2C)ccc1OCC(C)C. The number of carbonyl (C=O) groups excluding carboxylic acids is 2. The summed E-state index contributed by atoms with van der Waals surface area (Å²) in [7, 11) is 1.51. The van der Waals surface area contributed by atoms with Gasteiger partial charge < -0.3 is 19.5 Å². The lowest BCUT2D eigenvalue weighted by atomic mass is 10.1. The highest BCUT2D eigenvalue weighted by Gasteiger charge is 2.21. The lowest BCUT2D eigenvalue weighted by molar-refractivity contribution is -0.123. The van der Waals surface area contributed by atoms with Gasteiger partial charge in [-0.3, -0.25) is 4.79 Å². The van der Waals surface area contributed by atoms with E-state index in [4.69, 9.17) is 14.2 Å². The van der Waals surface area contributed by atoms with Gasteiger partial charge in [-0.25, -0.2) is 4.79 Å². The monoisotopic (exact) mass is 399 g/mol. The van der Waals surface area contributed by atoms with Crippen molar-refractivity contribution in [3.8, 4) is 11.5 Å². The molecule has 0 heterocycles. The van der Waals surface area contributed by atoms with Crippen LogP contribution in [-0.4, -0.2) is 31.7 Å². The van der Waals surface area contributed by atoms with Crippen molar-refractivity contribution in [1.29, 1.82) is 0 Å². The highest BCUT2D eigenvalue weighted by atomic mass is 16.5. The second-order valence-electron chi connectivity index (χ2n) is 7.43. The van der Waals surface area contributed by atoms with Crippen LogP contribution in [-0.2, 0) is 9.53 Å². The highest BCUT2D eigenvalue weighted by Crippen LogP contribution is 2.29. The summed E-state index contributed by atoms with van der Waals surface area (Å²) in [6, 6.07) is 10.5. The lowest BCUT2D eigenvalue weighted by Gasteiger charge is -2.16. The van der Waals surface area contributed by atoms with Gasteiger partial charge in [0.15, 0.2) is 17.6 Å². The van der Waals surface area contributed by atoms with Gasteiger partial charge in [-0.05, 0) is 56.5 Å². The number of esters is 1. The van der Waals surface area contributed by atoms with E-state index in [1.165, 1.54) is 14.0 Å². The Bertz CT molecular complexity index is 876. The molecule has 6 nitrogen and oxygen atoms in total. The largest absolute Gasteiger partial charge is 0.493 e. The summed E-state index contributed by atoms with van der Waals surface area (Å²) in [5, 5.41) is 2.79. The normalized spacial score (nSPS) is 11.7. The minimum absolute atomic E-state index is 0.282. The molecule has 29 heavy (non-hydrogen) atoms. The fourth-order valence-corrected chi connectivity index (χ4v) is 2.64. The molecule has 156 valence electrons. The molecule has 0 saturated heterocycles. The molecule has 0 bridgehead atoms. The number of ether oxygens (including phenoxy) is 3. The van der Waals surface area contributed by atoms with Crippen molar-refractivity contribution >= 4 is 17.6 Å². The fourth-order valence-electron chi connectivity index (χ4n) is 2.64. The molecule has 0 aliphatic carbocycles. The molecule has 2 rings (SSSR count). The number of aryl methyl sites for hydroxylation is 2. The number of rotatable bonds is 8. The van der Waals surface area contributed by atoms with Crippen LogP contribution < -0.4 is 14.8 Å².